The van der Waals surface area contributed by atoms with Gasteiger partial charge in [0.1, 0.15) is 16.9 Å². The molecule has 174 valence electrons. The average molecular weight is 449 g/mol. The number of nitrogens with one attached hydrogen (secondary N) is 2. The fourth-order valence-corrected chi connectivity index (χ4v) is 4.08. The zero-order valence-electron chi connectivity index (χ0n) is 19.8. The predicted octanol–water partition coefficient (Wildman–Crippen LogP) is 2.92. The molecule has 33 heavy (non-hydrogen) atoms. The molecule has 4 rings (SSSR count). The summed E-state index contributed by atoms with van der Waals surface area (Å²) in [5.41, 5.74) is 2.70. The van der Waals surface area contributed by atoms with Gasteiger partial charge in [0.25, 0.3) is 5.56 Å². The maximum Gasteiger partial charge on any atom is 0.274 e. The summed E-state index contributed by atoms with van der Waals surface area (Å²) in [5.74, 6) is 2.00. The Morgan fingerprint density at radius 1 is 1.09 bits per heavy atom. The highest BCUT2D eigenvalue weighted by molar-refractivity contribution is 5.86. The van der Waals surface area contributed by atoms with Crippen molar-refractivity contribution in [1.82, 2.24) is 29.2 Å². The van der Waals surface area contributed by atoms with E-state index in [9.17, 15) is 4.79 Å². The monoisotopic (exact) mass is 448 g/mol. The highest BCUT2D eigenvalue weighted by Crippen LogP contribution is 2.25. The Bertz CT molecular complexity index is 1280. The number of hydrogen-bond acceptors (Lipinski definition) is 7. The largest absolute Gasteiger partial charge is 0.353 e. The van der Waals surface area contributed by atoms with Crippen LogP contribution < -0.4 is 15.8 Å². The van der Waals surface area contributed by atoms with Crippen molar-refractivity contribution < 1.29 is 0 Å². The van der Waals surface area contributed by atoms with Crippen molar-refractivity contribution in [1.29, 1.82) is 0 Å². The van der Waals surface area contributed by atoms with Gasteiger partial charge in [0.2, 0.25) is 5.95 Å². The van der Waals surface area contributed by atoms with Crippen LogP contribution in [0.15, 0.2) is 41.3 Å². The molecule has 0 aliphatic carbocycles. The fourth-order valence-electron chi connectivity index (χ4n) is 4.08. The van der Waals surface area contributed by atoms with Crippen LogP contribution in [0.25, 0.3) is 16.7 Å². The molecule has 0 aliphatic rings. The van der Waals surface area contributed by atoms with Crippen LogP contribution in [0.3, 0.4) is 0 Å². The normalized spacial score (nSPS) is 11.5. The molecule has 0 saturated heterocycles. The van der Waals surface area contributed by atoms with E-state index in [1.54, 1.807) is 6.20 Å². The molecular weight excluding hydrogens is 416 g/mol. The Balaban J connectivity index is 1.81. The molecule has 0 spiro atoms. The molecule has 9 heteroatoms. The van der Waals surface area contributed by atoms with Crippen LogP contribution in [-0.4, -0.2) is 62.5 Å². The fraction of sp³-hybridized carbons (Fsp3) is 0.417. The summed E-state index contributed by atoms with van der Waals surface area (Å²) in [7, 11) is 1.98. The molecular formula is C24H32N8O. The molecule has 0 bridgehead atoms. The number of aromatic amines is 1. The van der Waals surface area contributed by atoms with Gasteiger partial charge in [-0.05, 0) is 18.7 Å². The van der Waals surface area contributed by atoms with Crippen molar-refractivity contribution in [2.45, 2.75) is 33.7 Å². The molecule has 3 aromatic heterocycles. The molecule has 0 unspecified atom stereocenters. The molecule has 0 radical (unpaired) electrons. The second-order valence-corrected chi connectivity index (χ2v) is 8.07. The molecule has 0 fully saturated rings. The molecule has 0 amide bonds. The van der Waals surface area contributed by atoms with E-state index in [1.165, 1.54) is 0 Å². The number of fused-ring (bicyclic) bond motifs is 3. The van der Waals surface area contributed by atoms with Crippen molar-refractivity contribution in [2.75, 3.05) is 43.4 Å². The second-order valence-electron chi connectivity index (χ2n) is 8.07. The predicted molar refractivity (Wildman–Crippen MR) is 133 cm³/mol. The van der Waals surface area contributed by atoms with E-state index in [4.69, 9.17) is 9.97 Å². The lowest BCUT2D eigenvalue weighted by Gasteiger charge is -2.22. The molecule has 3 heterocycles. The first kappa shape index (κ1) is 22.7. The Labute approximate surface area is 193 Å². The van der Waals surface area contributed by atoms with Gasteiger partial charge < -0.3 is 20.1 Å². The van der Waals surface area contributed by atoms with Gasteiger partial charge >= 0.3 is 0 Å². The molecule has 2 N–H and O–H groups in total. The number of benzene rings is 1. The van der Waals surface area contributed by atoms with Crippen molar-refractivity contribution in [3.8, 4) is 0 Å². The van der Waals surface area contributed by atoms with E-state index in [-0.39, 0.29) is 5.56 Å². The van der Waals surface area contributed by atoms with Crippen LogP contribution in [0.4, 0.5) is 11.8 Å². The van der Waals surface area contributed by atoms with Gasteiger partial charge in [0.05, 0.1) is 6.20 Å². The summed E-state index contributed by atoms with van der Waals surface area (Å²) in [5, 5.41) is 3.39. The highest BCUT2D eigenvalue weighted by Gasteiger charge is 2.19. The van der Waals surface area contributed by atoms with Gasteiger partial charge in [-0.25, -0.2) is 4.98 Å². The summed E-state index contributed by atoms with van der Waals surface area (Å²) in [6.07, 6.45) is 2.30. The number of imidazole rings is 1. The lowest BCUT2D eigenvalue weighted by molar-refractivity contribution is 0.316. The van der Waals surface area contributed by atoms with E-state index >= 15 is 0 Å². The zero-order valence-corrected chi connectivity index (χ0v) is 19.8. The summed E-state index contributed by atoms with van der Waals surface area (Å²) in [6.45, 7) is 10.6. The number of hydrogen-bond donors (Lipinski definition) is 2. The number of aryl methyl sites for hydroxylation is 1. The number of aromatic nitrogens is 5. The van der Waals surface area contributed by atoms with E-state index < -0.39 is 0 Å². The smallest absolute Gasteiger partial charge is 0.274 e. The number of anilines is 2. The van der Waals surface area contributed by atoms with Crippen LogP contribution >= 0.6 is 0 Å². The first-order valence-corrected chi connectivity index (χ1v) is 11.6. The van der Waals surface area contributed by atoms with Crippen LogP contribution in [0.1, 0.15) is 32.2 Å². The zero-order chi connectivity index (χ0) is 23.4. The van der Waals surface area contributed by atoms with Gasteiger partial charge in [-0.3, -0.25) is 9.20 Å². The lowest BCUT2D eigenvalue weighted by atomic mass is 10.2. The third kappa shape index (κ3) is 4.68. The Kier molecular flexibility index (Phi) is 6.88. The Morgan fingerprint density at radius 2 is 1.85 bits per heavy atom. The second kappa shape index (κ2) is 9.99. The van der Waals surface area contributed by atoms with Gasteiger partial charge in [-0.1, -0.05) is 51.1 Å². The van der Waals surface area contributed by atoms with Gasteiger partial charge in [0, 0.05) is 33.1 Å². The van der Waals surface area contributed by atoms with Crippen molar-refractivity contribution in [3.05, 3.63) is 58.3 Å². The number of rotatable bonds is 10. The lowest BCUT2D eigenvalue weighted by Crippen LogP contribution is -2.29. The van der Waals surface area contributed by atoms with E-state index in [0.29, 0.717) is 41.4 Å². The van der Waals surface area contributed by atoms with E-state index in [2.05, 4.69) is 46.2 Å². The third-order valence-electron chi connectivity index (χ3n) is 5.93. The first-order chi connectivity index (χ1) is 16.0. The Hall–Kier alpha value is -3.46. The van der Waals surface area contributed by atoms with Crippen LogP contribution in [0, 0.1) is 0 Å². The standard InChI is InChI=1S/C24H32N8O/c1-5-19-26-15-18-23(33)27-20-21(30(4)16-17-11-9-8-10-12-17)28-24(29-22(20)32(18)19)25-13-14-31(6-2)7-3/h8-12,15H,5-7,13-14,16H2,1-4H3,(H,27,33)(H,25,28,29). The number of likely N-dealkylation sites (N-methyl/N-ethyl adjacent to an activating group) is 1. The number of H-pyrrole nitrogens is 1. The summed E-state index contributed by atoms with van der Waals surface area (Å²) < 4.78 is 1.85. The number of nitrogens with zero attached hydrogens (tertiary/aromatic N) is 6. The quantitative estimate of drug-likeness (QED) is 0.385. The van der Waals surface area contributed by atoms with Gasteiger partial charge in [0.15, 0.2) is 11.5 Å². The van der Waals surface area contributed by atoms with Gasteiger partial charge in [-0.2, -0.15) is 9.97 Å². The minimum atomic E-state index is -0.199. The summed E-state index contributed by atoms with van der Waals surface area (Å²) in [4.78, 5) is 34.3. The Morgan fingerprint density at radius 3 is 2.55 bits per heavy atom. The van der Waals surface area contributed by atoms with Gasteiger partial charge in [-0.15, -0.1) is 0 Å². The SMILES string of the molecule is CCc1ncc2c(=O)[nH]c3c(N(C)Cc4ccccc4)nc(NCCN(CC)CC)nc3n12. The molecule has 1 aromatic carbocycles. The maximum absolute atomic E-state index is 12.8. The van der Waals surface area contributed by atoms with E-state index in [1.807, 2.05) is 41.5 Å². The molecule has 0 atom stereocenters. The summed E-state index contributed by atoms with van der Waals surface area (Å²) in [6, 6.07) is 10.2. The molecule has 0 saturated carbocycles. The molecule has 0 aliphatic heterocycles. The molecule has 9 nitrogen and oxygen atoms in total. The summed E-state index contributed by atoms with van der Waals surface area (Å²) >= 11 is 0. The van der Waals surface area contributed by atoms with Crippen molar-refractivity contribution >= 4 is 28.4 Å². The van der Waals surface area contributed by atoms with Crippen LogP contribution in [0.2, 0.25) is 0 Å². The topological polar surface area (TPSA) is 94.4 Å². The minimum Gasteiger partial charge on any atom is -0.353 e. The highest BCUT2D eigenvalue weighted by atomic mass is 16.1. The first-order valence-electron chi connectivity index (χ1n) is 11.6. The minimum absolute atomic E-state index is 0.199. The van der Waals surface area contributed by atoms with Crippen molar-refractivity contribution in [2.24, 2.45) is 0 Å². The average Bonchev–Trinajstić information content (AvgIpc) is 3.28. The molecule has 4 aromatic rings. The third-order valence-corrected chi connectivity index (χ3v) is 5.93. The maximum atomic E-state index is 12.8. The van der Waals surface area contributed by atoms with Crippen molar-refractivity contribution in [3.63, 3.8) is 0 Å². The van der Waals surface area contributed by atoms with E-state index in [0.717, 1.165) is 37.6 Å². The van der Waals surface area contributed by atoms with Crippen LogP contribution in [0.5, 0.6) is 0 Å². The van der Waals surface area contributed by atoms with Crippen LogP contribution in [-0.2, 0) is 13.0 Å².